The van der Waals surface area contributed by atoms with Crippen molar-refractivity contribution in [3.8, 4) is 23.0 Å². The minimum atomic E-state index is -1.47. The molecule has 368 valence electrons. The van der Waals surface area contributed by atoms with Crippen molar-refractivity contribution in [3.63, 3.8) is 0 Å². The first-order chi connectivity index (χ1) is 32.8. The lowest BCUT2D eigenvalue weighted by Crippen LogP contribution is -2.71. The first kappa shape index (κ1) is 51.9. The fraction of sp³-hybridized carbons (Fsp3) is 0.364. The van der Waals surface area contributed by atoms with E-state index in [-0.39, 0.29) is 36.4 Å². The largest absolute Gasteiger partial charge is 0.513 e. The van der Waals surface area contributed by atoms with Crippen LogP contribution in [0.3, 0.4) is 0 Å². The molecule has 4 atom stereocenters. The number of hydrogen-bond donors (Lipinski definition) is 3. The van der Waals surface area contributed by atoms with E-state index in [1.807, 2.05) is 0 Å². The Hall–Kier alpha value is -8.09. The zero-order valence-corrected chi connectivity index (χ0v) is 38.9. The number of β-lactam (4-membered cyclic amide) rings is 1. The van der Waals surface area contributed by atoms with Crippen molar-refractivity contribution in [3.05, 3.63) is 83.4 Å². The molecule has 25 heteroatoms. The molecule has 2 saturated heterocycles. The molecule has 3 aromatic rings. The lowest BCUT2D eigenvalue weighted by molar-refractivity contribution is -0.161. The van der Waals surface area contributed by atoms with Crippen molar-refractivity contribution in [2.45, 2.75) is 48.5 Å². The Morgan fingerprint density at radius 3 is 1.72 bits per heavy atom. The number of amides is 5. The maximum absolute atomic E-state index is 14.6. The van der Waals surface area contributed by atoms with Crippen molar-refractivity contribution >= 4 is 71.9 Å². The molecule has 0 bridgehead atoms. The molecule has 69 heavy (non-hydrogen) atoms. The van der Waals surface area contributed by atoms with Crippen molar-refractivity contribution in [1.82, 2.24) is 25.3 Å². The van der Waals surface area contributed by atoms with Crippen LogP contribution in [0.25, 0.3) is 0 Å². The highest BCUT2D eigenvalue weighted by atomic mass is 32.2. The first-order valence-electron chi connectivity index (χ1n) is 20.5. The number of benzene rings is 3. The molecule has 0 saturated carbocycles. The average molecular weight is 982 g/mol. The fourth-order valence-electron chi connectivity index (χ4n) is 7.19. The Morgan fingerprint density at radius 1 is 0.710 bits per heavy atom. The summed E-state index contributed by atoms with van der Waals surface area (Å²) in [4.78, 5) is 134. The number of carbonyl (C=O) groups is 10. The van der Waals surface area contributed by atoms with Gasteiger partial charge in [-0.15, -0.1) is 11.8 Å². The van der Waals surface area contributed by atoms with Gasteiger partial charge in [-0.1, -0.05) is 42.5 Å². The average Bonchev–Trinajstić information content (AvgIpc) is 3.59. The number of ether oxygens (including phenoxy) is 8. The third-order valence-corrected chi connectivity index (χ3v) is 12.0. The maximum Gasteiger partial charge on any atom is 0.513 e. The Balaban J connectivity index is 1.44. The van der Waals surface area contributed by atoms with E-state index in [2.05, 4.69) is 29.6 Å². The van der Waals surface area contributed by atoms with Gasteiger partial charge >= 0.3 is 30.6 Å². The number of nitrogens with zero attached hydrogens (tertiary/aromatic N) is 3. The number of para-hydroxylation sites is 2. The molecule has 2 heterocycles. The molecule has 1 unspecified atom stereocenters. The van der Waals surface area contributed by atoms with Gasteiger partial charge in [-0.2, -0.15) is 0 Å². The summed E-state index contributed by atoms with van der Waals surface area (Å²) in [6.07, 6.45) is -5.11. The lowest BCUT2D eigenvalue weighted by Gasteiger charge is -2.44. The molecule has 2 fully saturated rings. The number of nitrogens with one attached hydrogen (secondary N) is 2. The van der Waals surface area contributed by atoms with Gasteiger partial charge in [0.05, 0.1) is 46.1 Å². The van der Waals surface area contributed by atoms with E-state index in [9.17, 15) is 53.1 Å². The molecule has 5 rings (SSSR count). The molecule has 0 aliphatic carbocycles. The van der Waals surface area contributed by atoms with Crippen LogP contribution in [0.4, 0.5) is 19.2 Å². The van der Waals surface area contributed by atoms with E-state index in [1.54, 1.807) is 32.0 Å². The topological polar surface area (TPSA) is 299 Å². The van der Waals surface area contributed by atoms with Crippen LogP contribution in [0.5, 0.6) is 23.0 Å². The fourth-order valence-corrected chi connectivity index (χ4v) is 8.81. The lowest BCUT2D eigenvalue weighted by atomic mass is 9.95. The van der Waals surface area contributed by atoms with E-state index < -0.39 is 118 Å². The molecule has 2 aliphatic rings. The highest BCUT2D eigenvalue weighted by Gasteiger charge is 2.64. The van der Waals surface area contributed by atoms with Crippen LogP contribution in [0, 0.1) is 0 Å². The maximum atomic E-state index is 14.6. The van der Waals surface area contributed by atoms with Gasteiger partial charge in [0, 0.05) is 24.9 Å². The summed E-state index contributed by atoms with van der Waals surface area (Å²) in [6.45, 7) is 2.03. The SMILES string of the molecule is COC(=O)Oc1cccc(C(=O)N(C)CCCN(CC(=O)NC(C(=O)N[C@@H]2C(=O)N3[C@@H]2SC(C)(C)[C@@H]3C(=O)O)c2ccccc2)C(=O)c2cccc(OC(=O)OC)c2OC(=O)OC)c1OC(=O)OC. The summed E-state index contributed by atoms with van der Waals surface area (Å²) in [5, 5.41) is 14.4. The van der Waals surface area contributed by atoms with Crippen molar-refractivity contribution in [2.75, 3.05) is 55.1 Å². The highest BCUT2D eigenvalue weighted by Crippen LogP contribution is 2.51. The van der Waals surface area contributed by atoms with E-state index in [0.29, 0.717) is 0 Å². The standard InChI is InChI=1S/C44H47N5O19S/c1-44(2)33(39(55)56)49-37(54)30(38(49)69-44)46-34(51)29(23-14-9-8-10-15-23)45-28(50)22-48(36(53)25-17-12-19-27(66-41(58)62-5)32(25)68-43(60)64-7)21-13-20-47(3)35(52)24-16-11-18-26(65-40(57)61-4)31(24)67-42(59)63-6/h8-12,14-19,29-30,33,38H,13,20-22H2,1-7H3,(H,45,50)(H,46,51)(H,55,56)/t29?,30-,33+,38-/m1/s1. The number of carboxylic acid groups (broad SMARTS) is 1. The number of carboxylic acids is 1. The zero-order chi connectivity index (χ0) is 50.7. The van der Waals surface area contributed by atoms with Gasteiger partial charge in [0.15, 0.2) is 23.0 Å². The Kier molecular flexibility index (Phi) is 17.0. The monoisotopic (exact) mass is 981 g/mol. The van der Waals surface area contributed by atoms with Gasteiger partial charge in [-0.25, -0.2) is 24.0 Å². The predicted molar refractivity (Wildman–Crippen MR) is 235 cm³/mol. The molecule has 2 aliphatic heterocycles. The van der Waals surface area contributed by atoms with Crippen molar-refractivity contribution in [2.24, 2.45) is 0 Å². The van der Waals surface area contributed by atoms with Crippen molar-refractivity contribution in [1.29, 1.82) is 0 Å². The van der Waals surface area contributed by atoms with Gasteiger partial charge in [-0.3, -0.25) is 24.0 Å². The first-order valence-corrected chi connectivity index (χ1v) is 21.4. The third-order valence-electron chi connectivity index (χ3n) is 10.4. The minimum Gasteiger partial charge on any atom is -0.480 e. The Bertz CT molecular complexity index is 2500. The minimum absolute atomic E-state index is 0.0893. The molecular weight excluding hydrogens is 935 g/mol. The molecule has 24 nitrogen and oxygen atoms in total. The molecule has 0 aromatic heterocycles. The van der Waals surface area contributed by atoms with E-state index >= 15 is 0 Å². The van der Waals surface area contributed by atoms with Crippen LogP contribution in [0.1, 0.15) is 52.6 Å². The number of hydrogen-bond acceptors (Lipinski definition) is 19. The molecular formula is C44H47N5O19S. The van der Waals surface area contributed by atoms with E-state index in [1.165, 1.54) is 72.2 Å². The molecule has 0 radical (unpaired) electrons. The van der Waals surface area contributed by atoms with Crippen LogP contribution in [0.2, 0.25) is 0 Å². The van der Waals surface area contributed by atoms with Gasteiger partial charge in [-0.05, 0) is 50.1 Å². The van der Waals surface area contributed by atoms with Gasteiger partial charge in [0.1, 0.15) is 23.5 Å². The van der Waals surface area contributed by atoms with E-state index in [0.717, 1.165) is 38.2 Å². The summed E-state index contributed by atoms with van der Waals surface area (Å²) >= 11 is 1.20. The molecule has 5 amide bonds. The van der Waals surface area contributed by atoms with Crippen LogP contribution in [-0.2, 0) is 38.1 Å². The highest BCUT2D eigenvalue weighted by molar-refractivity contribution is 8.01. The number of rotatable bonds is 17. The Labute approximate surface area is 397 Å². The van der Waals surface area contributed by atoms with Crippen LogP contribution in [0.15, 0.2) is 66.7 Å². The Morgan fingerprint density at radius 2 is 1.22 bits per heavy atom. The molecule has 3 aromatic carbocycles. The van der Waals surface area contributed by atoms with Crippen LogP contribution >= 0.6 is 11.8 Å². The number of thioether (sulfide) groups is 1. The van der Waals surface area contributed by atoms with Gasteiger partial charge < -0.3 is 68.3 Å². The number of aliphatic carboxylic acids is 1. The summed E-state index contributed by atoms with van der Waals surface area (Å²) in [5.74, 6) is -7.28. The quantitative estimate of drug-likeness (QED) is 0.0756. The third kappa shape index (κ3) is 12.1. The zero-order valence-electron chi connectivity index (χ0n) is 38.0. The summed E-state index contributed by atoms with van der Waals surface area (Å²) in [5.41, 5.74) is -0.416. The molecule has 0 spiro atoms. The number of carbonyl (C=O) groups excluding carboxylic acids is 9. The molecule has 3 N–H and O–H groups in total. The second-order valence-corrected chi connectivity index (χ2v) is 17.1. The number of fused-ring (bicyclic) bond motifs is 1. The second kappa shape index (κ2) is 22.6. The van der Waals surface area contributed by atoms with Crippen LogP contribution in [-0.4, -0.2) is 157 Å². The van der Waals surface area contributed by atoms with Crippen molar-refractivity contribution < 1.29 is 90.9 Å². The normalized spacial score (nSPS) is 16.7. The summed E-state index contributed by atoms with van der Waals surface area (Å²) in [7, 11) is 5.38. The van der Waals surface area contributed by atoms with E-state index in [4.69, 9.17) is 18.9 Å². The smallest absolute Gasteiger partial charge is 0.480 e. The van der Waals surface area contributed by atoms with Crippen LogP contribution < -0.4 is 29.6 Å². The second-order valence-electron chi connectivity index (χ2n) is 15.3. The summed E-state index contributed by atoms with van der Waals surface area (Å²) < 4.78 is 37.9. The van der Waals surface area contributed by atoms with Gasteiger partial charge in [0.2, 0.25) is 17.7 Å². The number of methoxy groups -OCH3 is 4. The predicted octanol–water partition coefficient (Wildman–Crippen LogP) is 3.36. The summed E-state index contributed by atoms with van der Waals surface area (Å²) in [6, 6.07) is 11.6. The van der Waals surface area contributed by atoms with Gasteiger partial charge in [0.25, 0.3) is 11.8 Å².